The molecule has 0 aromatic carbocycles. The Morgan fingerprint density at radius 2 is 2.22 bits per heavy atom. The number of hydrogen-bond acceptors (Lipinski definition) is 1. The maximum Gasteiger partial charge on any atom is 0.303 e. The monoisotopic (exact) mass is 127 g/mol. The van der Waals surface area contributed by atoms with Crippen molar-refractivity contribution in [3.05, 3.63) is 19.1 Å². The van der Waals surface area contributed by atoms with E-state index in [-0.39, 0.29) is 6.42 Å². The van der Waals surface area contributed by atoms with Crippen LogP contribution >= 0.6 is 0 Å². The van der Waals surface area contributed by atoms with Crippen LogP contribution in [0.15, 0.2) is 12.2 Å². The fourth-order valence-corrected chi connectivity index (χ4v) is 0.443. The molecule has 0 bridgehead atoms. The summed E-state index contributed by atoms with van der Waals surface area (Å²) in [5.41, 5.74) is 0. The van der Waals surface area contributed by atoms with Crippen LogP contribution in [0.5, 0.6) is 0 Å². The van der Waals surface area contributed by atoms with Gasteiger partial charge in [-0.15, -0.1) is 0 Å². The van der Waals surface area contributed by atoms with Crippen molar-refractivity contribution >= 4 is 5.97 Å². The predicted molar refractivity (Wildman–Crippen MR) is 36.0 cm³/mol. The molecule has 0 saturated carbocycles. The molecule has 0 aliphatic rings. The molecule has 0 saturated heterocycles. The highest BCUT2D eigenvalue weighted by Gasteiger charge is 1.90. The lowest BCUT2D eigenvalue weighted by molar-refractivity contribution is -0.136. The zero-order valence-electron chi connectivity index (χ0n) is 5.34. The Bertz CT molecular complexity index is 105. The van der Waals surface area contributed by atoms with Crippen LogP contribution in [0.25, 0.3) is 0 Å². The molecule has 1 N–H and O–H groups in total. The van der Waals surface area contributed by atoms with E-state index < -0.39 is 5.97 Å². The topological polar surface area (TPSA) is 37.3 Å². The van der Waals surface area contributed by atoms with Gasteiger partial charge in [-0.2, -0.15) is 0 Å². The van der Waals surface area contributed by atoms with Crippen molar-refractivity contribution in [3.63, 3.8) is 0 Å². The van der Waals surface area contributed by atoms with Gasteiger partial charge < -0.3 is 5.11 Å². The Labute approximate surface area is 55.2 Å². The summed E-state index contributed by atoms with van der Waals surface area (Å²) in [5, 5.41) is 8.16. The standard InChI is InChI=1S/C7H11O2/c1-2-3-4-5-6-7(8)9/h3-4H,1-2,5-6H2,(H,8,9)/b4-3+. The van der Waals surface area contributed by atoms with Crippen molar-refractivity contribution in [2.24, 2.45) is 0 Å². The van der Waals surface area contributed by atoms with Crippen LogP contribution in [0, 0.1) is 6.92 Å². The van der Waals surface area contributed by atoms with Gasteiger partial charge in [0, 0.05) is 6.42 Å². The average Bonchev–Trinajstić information content (AvgIpc) is 1.80. The van der Waals surface area contributed by atoms with Gasteiger partial charge in [-0.05, 0) is 19.8 Å². The lowest BCUT2D eigenvalue weighted by atomic mass is 10.3. The summed E-state index contributed by atoms with van der Waals surface area (Å²) in [7, 11) is 0. The Hall–Kier alpha value is -0.790. The van der Waals surface area contributed by atoms with E-state index in [1.165, 1.54) is 0 Å². The van der Waals surface area contributed by atoms with Crippen molar-refractivity contribution < 1.29 is 9.90 Å². The molecule has 0 fully saturated rings. The number of carboxylic acids is 1. The zero-order chi connectivity index (χ0) is 7.11. The normalized spacial score (nSPS) is 10.3. The second-order valence-corrected chi connectivity index (χ2v) is 1.69. The highest BCUT2D eigenvalue weighted by atomic mass is 16.4. The highest BCUT2D eigenvalue weighted by molar-refractivity contribution is 5.66. The van der Waals surface area contributed by atoms with Crippen LogP contribution < -0.4 is 0 Å². The third-order valence-electron chi connectivity index (χ3n) is 0.858. The van der Waals surface area contributed by atoms with Gasteiger partial charge in [-0.1, -0.05) is 12.2 Å². The van der Waals surface area contributed by atoms with E-state index in [1.807, 2.05) is 12.2 Å². The molecular formula is C7H11O2. The SMILES string of the molecule is [CH2]C/C=C/CCC(=O)O. The molecule has 2 nitrogen and oxygen atoms in total. The predicted octanol–water partition coefficient (Wildman–Crippen LogP) is 1.63. The fraction of sp³-hybridized carbons (Fsp3) is 0.429. The van der Waals surface area contributed by atoms with Crippen LogP contribution in [-0.4, -0.2) is 11.1 Å². The van der Waals surface area contributed by atoms with Gasteiger partial charge in [-0.25, -0.2) is 0 Å². The molecule has 1 radical (unpaired) electrons. The molecular weight excluding hydrogens is 116 g/mol. The number of allylic oxidation sites excluding steroid dienone is 2. The summed E-state index contributed by atoms with van der Waals surface area (Å²) in [6.45, 7) is 3.57. The molecule has 0 aromatic rings. The van der Waals surface area contributed by atoms with Gasteiger partial charge in [0.25, 0.3) is 0 Å². The maximum absolute atomic E-state index is 9.91. The molecule has 0 rings (SSSR count). The van der Waals surface area contributed by atoms with Gasteiger partial charge in [-0.3, -0.25) is 4.79 Å². The molecule has 2 heteroatoms. The number of hydrogen-bond donors (Lipinski definition) is 1. The Kier molecular flexibility index (Phi) is 4.88. The van der Waals surface area contributed by atoms with E-state index in [0.29, 0.717) is 6.42 Å². The Morgan fingerprint density at radius 1 is 1.56 bits per heavy atom. The van der Waals surface area contributed by atoms with Gasteiger partial charge in [0.1, 0.15) is 0 Å². The fourth-order valence-electron chi connectivity index (χ4n) is 0.443. The molecule has 9 heavy (non-hydrogen) atoms. The van der Waals surface area contributed by atoms with Gasteiger partial charge in [0.15, 0.2) is 0 Å². The first-order valence-electron chi connectivity index (χ1n) is 2.93. The maximum atomic E-state index is 9.91. The largest absolute Gasteiger partial charge is 0.481 e. The Morgan fingerprint density at radius 3 is 2.67 bits per heavy atom. The van der Waals surface area contributed by atoms with E-state index in [0.717, 1.165) is 6.42 Å². The number of carbonyl (C=O) groups is 1. The highest BCUT2D eigenvalue weighted by Crippen LogP contribution is 1.91. The van der Waals surface area contributed by atoms with Crippen molar-refractivity contribution in [2.45, 2.75) is 19.3 Å². The smallest absolute Gasteiger partial charge is 0.303 e. The molecule has 51 valence electrons. The summed E-state index contributed by atoms with van der Waals surface area (Å²) >= 11 is 0. The van der Waals surface area contributed by atoms with E-state index in [2.05, 4.69) is 6.92 Å². The molecule has 0 amide bonds. The van der Waals surface area contributed by atoms with Gasteiger partial charge in [0.05, 0.1) is 0 Å². The average molecular weight is 127 g/mol. The van der Waals surface area contributed by atoms with Crippen LogP contribution in [0.3, 0.4) is 0 Å². The first kappa shape index (κ1) is 8.21. The first-order chi connectivity index (χ1) is 4.27. The minimum Gasteiger partial charge on any atom is -0.481 e. The van der Waals surface area contributed by atoms with Crippen LogP contribution in [-0.2, 0) is 4.79 Å². The summed E-state index contributed by atoms with van der Waals surface area (Å²) in [4.78, 5) is 9.91. The summed E-state index contributed by atoms with van der Waals surface area (Å²) in [5.74, 6) is -0.747. The van der Waals surface area contributed by atoms with Crippen LogP contribution in [0.2, 0.25) is 0 Å². The van der Waals surface area contributed by atoms with E-state index in [1.54, 1.807) is 0 Å². The summed E-state index contributed by atoms with van der Waals surface area (Å²) < 4.78 is 0. The third kappa shape index (κ3) is 7.21. The van der Waals surface area contributed by atoms with E-state index in [9.17, 15) is 4.79 Å². The summed E-state index contributed by atoms with van der Waals surface area (Å²) in [6.07, 6.45) is 5.27. The van der Waals surface area contributed by atoms with Crippen molar-refractivity contribution in [1.29, 1.82) is 0 Å². The van der Waals surface area contributed by atoms with Gasteiger partial charge >= 0.3 is 5.97 Å². The van der Waals surface area contributed by atoms with Crippen molar-refractivity contribution in [1.82, 2.24) is 0 Å². The van der Waals surface area contributed by atoms with E-state index in [4.69, 9.17) is 5.11 Å². The van der Waals surface area contributed by atoms with Crippen molar-refractivity contribution in [3.8, 4) is 0 Å². The molecule has 0 heterocycles. The molecule has 0 atom stereocenters. The minimum atomic E-state index is -0.747. The number of carboxylic acid groups (broad SMARTS) is 1. The molecule has 0 aliphatic heterocycles. The quantitative estimate of drug-likeness (QED) is 0.583. The third-order valence-corrected chi connectivity index (χ3v) is 0.858. The zero-order valence-corrected chi connectivity index (χ0v) is 5.34. The van der Waals surface area contributed by atoms with Gasteiger partial charge in [0.2, 0.25) is 0 Å². The number of aliphatic carboxylic acids is 1. The number of rotatable bonds is 4. The first-order valence-corrected chi connectivity index (χ1v) is 2.93. The second kappa shape index (κ2) is 5.35. The van der Waals surface area contributed by atoms with Crippen LogP contribution in [0.4, 0.5) is 0 Å². The molecule has 0 aromatic heterocycles. The van der Waals surface area contributed by atoms with Crippen LogP contribution in [0.1, 0.15) is 19.3 Å². The lowest BCUT2D eigenvalue weighted by Gasteiger charge is -1.84. The molecule has 0 spiro atoms. The lowest BCUT2D eigenvalue weighted by Crippen LogP contribution is -1.91. The van der Waals surface area contributed by atoms with E-state index >= 15 is 0 Å². The Balaban J connectivity index is 3.09. The second-order valence-electron chi connectivity index (χ2n) is 1.69. The molecule has 0 aliphatic carbocycles. The van der Waals surface area contributed by atoms with Crippen molar-refractivity contribution in [2.75, 3.05) is 0 Å². The molecule has 0 unspecified atom stereocenters. The minimum absolute atomic E-state index is 0.219. The summed E-state index contributed by atoms with van der Waals surface area (Å²) in [6, 6.07) is 0.